The van der Waals surface area contributed by atoms with Gasteiger partial charge in [0.15, 0.2) is 0 Å². The van der Waals surface area contributed by atoms with Crippen molar-refractivity contribution in [2.24, 2.45) is 0 Å². The molecule has 0 unspecified atom stereocenters. The predicted octanol–water partition coefficient (Wildman–Crippen LogP) is 3.14. The lowest BCUT2D eigenvalue weighted by atomic mass is 9.79. The average Bonchev–Trinajstić information content (AvgIpc) is 3.07. The maximum atomic E-state index is 12.2. The van der Waals surface area contributed by atoms with Crippen LogP contribution in [0.5, 0.6) is 0 Å². The van der Waals surface area contributed by atoms with Crippen LogP contribution >= 0.6 is 11.6 Å². The largest absolute Gasteiger partial charge is 0.495 e. The van der Waals surface area contributed by atoms with E-state index in [2.05, 4.69) is 4.98 Å². The van der Waals surface area contributed by atoms with Crippen LogP contribution in [0.1, 0.15) is 39.0 Å². The van der Waals surface area contributed by atoms with Crippen molar-refractivity contribution in [1.29, 1.82) is 0 Å². The summed E-state index contributed by atoms with van der Waals surface area (Å²) in [6.45, 7) is 10.1. The van der Waals surface area contributed by atoms with E-state index in [1.54, 1.807) is 6.07 Å². The van der Waals surface area contributed by atoms with E-state index in [-0.39, 0.29) is 30.7 Å². The Hall–Kier alpha value is -2.79. The van der Waals surface area contributed by atoms with Crippen molar-refractivity contribution >= 4 is 42.7 Å². The number of ether oxygens (including phenoxy) is 1. The standard InChI is InChI=1S/C12H17BClNO2.C9H10O3.C6H6BFO2/c1-8-6-9(7-10(14)15-8)13-16-11(2,3)12(4,5)17-13;10-9(11)7-12-6-8-4-2-1-3-5-8;8-6-3-1-5(2-4-6)7(9)10/h6-7H,1-5H3;1-5H,6-7H2,(H,10,11);1-4,9-10H. The Bertz CT molecular complexity index is 1160. The van der Waals surface area contributed by atoms with E-state index in [1.165, 1.54) is 24.3 Å². The van der Waals surface area contributed by atoms with Gasteiger partial charge in [-0.1, -0.05) is 54.1 Å². The molecule has 0 radical (unpaired) electrons. The molecule has 1 saturated heterocycles. The first-order valence-corrected chi connectivity index (χ1v) is 12.5. The molecule has 0 spiro atoms. The topological polar surface area (TPSA) is 118 Å². The van der Waals surface area contributed by atoms with Crippen molar-refractivity contribution in [3.63, 3.8) is 0 Å². The molecule has 0 saturated carbocycles. The number of aryl methyl sites for hydroxylation is 1. The minimum Gasteiger partial charge on any atom is -0.480 e. The smallest absolute Gasteiger partial charge is 0.480 e. The number of halogens is 2. The first kappa shape index (κ1) is 32.4. The van der Waals surface area contributed by atoms with Gasteiger partial charge in [0, 0.05) is 5.69 Å². The zero-order valence-corrected chi connectivity index (χ0v) is 23.4. The van der Waals surface area contributed by atoms with Gasteiger partial charge in [0.1, 0.15) is 17.6 Å². The molecule has 12 heteroatoms. The Labute approximate surface area is 234 Å². The van der Waals surface area contributed by atoms with Gasteiger partial charge in [-0.05, 0) is 75.4 Å². The predicted molar refractivity (Wildman–Crippen MR) is 150 cm³/mol. The molecule has 39 heavy (non-hydrogen) atoms. The Balaban J connectivity index is 0.000000214. The van der Waals surface area contributed by atoms with Gasteiger partial charge in [-0.25, -0.2) is 14.2 Å². The summed E-state index contributed by atoms with van der Waals surface area (Å²) in [7, 11) is -1.89. The van der Waals surface area contributed by atoms with Crippen LogP contribution in [-0.2, 0) is 25.4 Å². The summed E-state index contributed by atoms with van der Waals surface area (Å²) >= 11 is 5.95. The van der Waals surface area contributed by atoms with E-state index >= 15 is 0 Å². The molecular formula is C27H33B2ClFNO7. The van der Waals surface area contributed by atoms with Crippen LogP contribution in [-0.4, -0.2) is 58.2 Å². The molecule has 0 bridgehead atoms. The van der Waals surface area contributed by atoms with Gasteiger partial charge < -0.3 is 29.2 Å². The number of hydrogen-bond acceptors (Lipinski definition) is 7. The van der Waals surface area contributed by atoms with Crippen molar-refractivity contribution < 1.29 is 38.4 Å². The summed E-state index contributed by atoms with van der Waals surface area (Å²) in [4.78, 5) is 14.2. The van der Waals surface area contributed by atoms with E-state index < -0.39 is 13.1 Å². The third kappa shape index (κ3) is 10.7. The maximum absolute atomic E-state index is 12.2. The van der Waals surface area contributed by atoms with Crippen molar-refractivity contribution in [2.45, 2.75) is 52.4 Å². The maximum Gasteiger partial charge on any atom is 0.495 e. The molecule has 1 aliphatic rings. The molecule has 3 N–H and O–H groups in total. The van der Waals surface area contributed by atoms with Crippen molar-refractivity contribution in [3.8, 4) is 0 Å². The number of rotatable bonds is 6. The van der Waals surface area contributed by atoms with Crippen LogP contribution in [0.3, 0.4) is 0 Å². The van der Waals surface area contributed by atoms with Crippen molar-refractivity contribution in [2.75, 3.05) is 6.61 Å². The molecule has 0 atom stereocenters. The van der Waals surface area contributed by atoms with Crippen LogP contribution in [0, 0.1) is 12.7 Å². The fourth-order valence-electron chi connectivity index (χ4n) is 3.23. The minimum atomic E-state index is -1.51. The van der Waals surface area contributed by atoms with Gasteiger partial charge >= 0.3 is 20.2 Å². The highest BCUT2D eigenvalue weighted by Crippen LogP contribution is 2.36. The number of aromatic nitrogens is 1. The monoisotopic (exact) mass is 559 g/mol. The molecule has 8 nitrogen and oxygen atoms in total. The lowest BCUT2D eigenvalue weighted by Gasteiger charge is -2.32. The van der Waals surface area contributed by atoms with E-state index in [4.69, 9.17) is 40.8 Å². The van der Waals surface area contributed by atoms with Crippen LogP contribution < -0.4 is 10.9 Å². The van der Waals surface area contributed by atoms with E-state index in [0.29, 0.717) is 17.2 Å². The summed E-state index contributed by atoms with van der Waals surface area (Å²) < 4.78 is 29.0. The SMILES string of the molecule is Cc1cc(B2OC(C)(C)C(C)(C)O2)cc(Cl)n1.O=C(O)COCc1ccccc1.OB(O)c1ccc(F)cc1. The summed E-state index contributed by atoms with van der Waals surface area (Å²) in [5, 5.41) is 25.8. The zero-order chi connectivity index (χ0) is 29.2. The third-order valence-corrected chi connectivity index (χ3v) is 6.17. The number of carbonyl (C=O) groups is 1. The van der Waals surface area contributed by atoms with Gasteiger partial charge in [-0.15, -0.1) is 0 Å². The van der Waals surface area contributed by atoms with Gasteiger partial charge in [0.2, 0.25) is 0 Å². The fourth-order valence-corrected chi connectivity index (χ4v) is 3.49. The number of pyridine rings is 1. The van der Waals surface area contributed by atoms with Crippen molar-refractivity contribution in [3.05, 3.63) is 89.0 Å². The number of nitrogens with zero attached hydrogens (tertiary/aromatic N) is 1. The lowest BCUT2D eigenvalue weighted by molar-refractivity contribution is -0.142. The van der Waals surface area contributed by atoms with Crippen LogP contribution in [0.25, 0.3) is 0 Å². The number of aliphatic carboxylic acids is 1. The number of carboxylic acids is 1. The summed E-state index contributed by atoms with van der Waals surface area (Å²) in [6, 6.07) is 18.2. The molecule has 3 aromatic rings. The fraction of sp³-hybridized carbons (Fsp3) is 0.333. The van der Waals surface area contributed by atoms with E-state index in [1.807, 2.05) is 71.0 Å². The number of carboxylic acid groups (broad SMARTS) is 1. The Kier molecular flexibility index (Phi) is 12.1. The molecule has 4 rings (SSSR count). The highest BCUT2D eigenvalue weighted by Gasteiger charge is 2.51. The van der Waals surface area contributed by atoms with Gasteiger partial charge in [0.05, 0.1) is 17.8 Å². The lowest BCUT2D eigenvalue weighted by Crippen LogP contribution is -2.41. The number of hydrogen-bond donors (Lipinski definition) is 3. The molecule has 1 aromatic heterocycles. The molecule has 2 aromatic carbocycles. The highest BCUT2D eigenvalue weighted by atomic mass is 35.5. The van der Waals surface area contributed by atoms with Gasteiger partial charge in [-0.3, -0.25) is 0 Å². The Morgan fingerprint density at radius 1 is 1.03 bits per heavy atom. The Morgan fingerprint density at radius 3 is 2.08 bits per heavy atom. The van der Waals surface area contributed by atoms with Crippen LogP contribution in [0.15, 0.2) is 66.7 Å². The van der Waals surface area contributed by atoms with Gasteiger partial charge in [0.25, 0.3) is 0 Å². The first-order chi connectivity index (χ1) is 18.2. The summed E-state index contributed by atoms with van der Waals surface area (Å²) in [5.41, 5.74) is 2.39. The molecule has 1 fully saturated rings. The second-order valence-corrected chi connectivity index (χ2v) is 10.1. The quantitative estimate of drug-likeness (QED) is 0.312. The van der Waals surface area contributed by atoms with Gasteiger partial charge in [-0.2, -0.15) is 0 Å². The first-order valence-electron chi connectivity index (χ1n) is 12.1. The molecular weight excluding hydrogens is 526 g/mol. The second-order valence-electron chi connectivity index (χ2n) is 9.75. The summed E-state index contributed by atoms with van der Waals surface area (Å²) in [6.07, 6.45) is 0. The average molecular weight is 560 g/mol. The molecule has 0 amide bonds. The van der Waals surface area contributed by atoms with E-state index in [9.17, 15) is 9.18 Å². The number of benzene rings is 2. The zero-order valence-electron chi connectivity index (χ0n) is 22.6. The van der Waals surface area contributed by atoms with Crippen molar-refractivity contribution in [1.82, 2.24) is 4.98 Å². The normalized spacial score (nSPS) is 14.9. The molecule has 208 valence electrons. The van der Waals surface area contributed by atoms with E-state index in [0.717, 1.165) is 16.7 Å². The molecule has 2 heterocycles. The highest BCUT2D eigenvalue weighted by molar-refractivity contribution is 6.62. The minimum absolute atomic E-state index is 0.241. The van der Waals surface area contributed by atoms with Crippen LogP contribution in [0.4, 0.5) is 4.39 Å². The Morgan fingerprint density at radius 2 is 1.59 bits per heavy atom. The second kappa shape index (κ2) is 14.6. The third-order valence-electron chi connectivity index (χ3n) is 5.98. The van der Waals surface area contributed by atoms with Crippen LogP contribution in [0.2, 0.25) is 5.15 Å². The molecule has 1 aliphatic heterocycles. The summed E-state index contributed by atoms with van der Waals surface area (Å²) in [5.74, 6) is -1.32. The molecule has 0 aliphatic carbocycles.